The van der Waals surface area contributed by atoms with E-state index in [2.05, 4.69) is 155 Å². The first-order chi connectivity index (χ1) is 22.3. The maximum Gasteiger partial charge on any atom is 0.0619 e. The first-order valence-electron chi connectivity index (χ1n) is 15.8. The van der Waals surface area contributed by atoms with Crippen LogP contribution in [-0.2, 0) is 6.42 Å². The molecule has 0 unspecified atom stereocenters. The summed E-state index contributed by atoms with van der Waals surface area (Å²) in [5.74, 6) is 0. The van der Waals surface area contributed by atoms with E-state index in [1.165, 1.54) is 98.3 Å². The molecule has 0 aliphatic heterocycles. The average Bonchev–Trinajstić information content (AvgIpc) is 3.75. The van der Waals surface area contributed by atoms with Gasteiger partial charge < -0.3 is 8.97 Å². The highest BCUT2D eigenvalue weighted by Gasteiger charge is 2.22. The van der Waals surface area contributed by atoms with Crippen LogP contribution in [0.5, 0.6) is 0 Å². The summed E-state index contributed by atoms with van der Waals surface area (Å²) in [5, 5.41) is 13.1. The number of hydrogen-bond donors (Lipinski definition) is 0. The lowest BCUT2D eigenvalue weighted by Gasteiger charge is -2.08. The molecule has 0 radical (unpaired) electrons. The molecule has 0 saturated heterocycles. The Morgan fingerprint density at radius 2 is 0.889 bits per heavy atom. The number of rotatable bonds is 1. The summed E-state index contributed by atoms with van der Waals surface area (Å²) in [7, 11) is 0. The molecule has 0 amide bonds. The number of benzene rings is 7. The van der Waals surface area contributed by atoms with E-state index in [0.29, 0.717) is 0 Å². The largest absolute Gasteiger partial charge is 0.309 e. The van der Waals surface area contributed by atoms with E-state index < -0.39 is 0 Å². The Balaban J connectivity index is 1.49. The molecule has 208 valence electrons. The maximum atomic E-state index is 2.56. The van der Waals surface area contributed by atoms with Gasteiger partial charge in [0.25, 0.3) is 0 Å². The van der Waals surface area contributed by atoms with Crippen molar-refractivity contribution in [3.63, 3.8) is 0 Å². The number of fused-ring (bicyclic) bond motifs is 10. The molecule has 3 aromatic heterocycles. The van der Waals surface area contributed by atoms with Gasteiger partial charge in [0.2, 0.25) is 0 Å². The minimum atomic E-state index is 0.981. The molecule has 0 spiro atoms. The van der Waals surface area contributed by atoms with Gasteiger partial charge in [-0.3, -0.25) is 0 Å². The molecule has 1 aliphatic carbocycles. The van der Waals surface area contributed by atoms with Crippen LogP contribution in [0.1, 0.15) is 11.1 Å². The van der Waals surface area contributed by atoms with Gasteiger partial charge in [-0.2, -0.15) is 0 Å². The fraction of sp³-hybridized carbons (Fsp3) is 0.0233. The lowest BCUT2D eigenvalue weighted by molar-refractivity contribution is 1.18. The minimum Gasteiger partial charge on any atom is -0.309 e. The topological polar surface area (TPSA) is 9.34 Å². The predicted molar refractivity (Wildman–Crippen MR) is 191 cm³/mol. The molecule has 2 heteroatoms. The zero-order chi connectivity index (χ0) is 29.2. The molecule has 2 nitrogen and oxygen atoms in total. The number of para-hydroxylation sites is 4. The van der Waals surface area contributed by atoms with Crippen molar-refractivity contribution in [3.8, 4) is 5.69 Å². The maximum absolute atomic E-state index is 2.56. The van der Waals surface area contributed by atoms with Crippen molar-refractivity contribution < 1.29 is 0 Å². The summed E-state index contributed by atoms with van der Waals surface area (Å²) in [6.07, 6.45) is 0.981. The van der Waals surface area contributed by atoms with Crippen molar-refractivity contribution in [3.05, 3.63) is 157 Å². The molecular formula is C43H26N2. The van der Waals surface area contributed by atoms with Crippen molar-refractivity contribution in [2.45, 2.75) is 6.42 Å². The highest BCUT2D eigenvalue weighted by molar-refractivity contribution is 6.28. The highest BCUT2D eigenvalue weighted by Crippen LogP contribution is 2.44. The lowest BCUT2D eigenvalue weighted by Crippen LogP contribution is -1.93. The van der Waals surface area contributed by atoms with Crippen LogP contribution in [0, 0.1) is 0 Å². The second-order valence-corrected chi connectivity index (χ2v) is 12.5. The molecule has 0 atom stereocenters. The summed E-state index contributed by atoms with van der Waals surface area (Å²) in [4.78, 5) is 0. The Labute approximate surface area is 258 Å². The Morgan fingerprint density at radius 3 is 1.64 bits per heavy atom. The van der Waals surface area contributed by atoms with Gasteiger partial charge in [-0.15, -0.1) is 0 Å². The molecular weight excluding hydrogens is 544 g/mol. The van der Waals surface area contributed by atoms with E-state index in [1.54, 1.807) is 0 Å². The van der Waals surface area contributed by atoms with Crippen molar-refractivity contribution in [2.24, 2.45) is 0 Å². The van der Waals surface area contributed by atoms with Crippen LogP contribution >= 0.6 is 0 Å². The van der Waals surface area contributed by atoms with Crippen LogP contribution in [-0.4, -0.2) is 8.97 Å². The molecule has 10 aromatic rings. The van der Waals surface area contributed by atoms with Crippen LogP contribution < -0.4 is 0 Å². The predicted octanol–water partition coefficient (Wildman–Crippen LogP) is 11.3. The molecule has 0 N–H and O–H groups in total. The van der Waals surface area contributed by atoms with Crippen molar-refractivity contribution in [2.75, 3.05) is 0 Å². The van der Waals surface area contributed by atoms with Crippen LogP contribution in [0.2, 0.25) is 0 Å². The Bertz CT molecular complexity index is 2940. The molecule has 7 aromatic carbocycles. The standard InChI is InChI=1S/C43H26N2/c1-2-13-28(14-3-1)44-37-21-6-5-16-30(37)35-24-36-34-20-10-19-33-32-18-9-12-27-23-26-11-8-17-31(41(26)42(27)32)29-15-4-7-22-38(29)45(43(33)34)40(36)25-39(35)44/h1-22,24-25H,23H2. The van der Waals surface area contributed by atoms with E-state index in [9.17, 15) is 0 Å². The molecule has 1 aliphatic rings. The zero-order valence-corrected chi connectivity index (χ0v) is 24.5. The third-order valence-corrected chi connectivity index (χ3v) is 10.3. The fourth-order valence-electron chi connectivity index (χ4n) is 8.49. The van der Waals surface area contributed by atoms with Gasteiger partial charge in [-0.25, -0.2) is 0 Å². The Hall–Kier alpha value is -5.86. The van der Waals surface area contributed by atoms with E-state index >= 15 is 0 Å². The van der Waals surface area contributed by atoms with Crippen molar-refractivity contribution in [1.29, 1.82) is 0 Å². The molecule has 45 heavy (non-hydrogen) atoms. The van der Waals surface area contributed by atoms with Gasteiger partial charge >= 0.3 is 0 Å². The summed E-state index contributed by atoms with van der Waals surface area (Å²) in [6.45, 7) is 0. The second-order valence-electron chi connectivity index (χ2n) is 12.5. The van der Waals surface area contributed by atoms with Crippen molar-refractivity contribution >= 4 is 81.4 Å². The van der Waals surface area contributed by atoms with Crippen molar-refractivity contribution in [1.82, 2.24) is 8.97 Å². The Morgan fingerprint density at radius 1 is 0.356 bits per heavy atom. The van der Waals surface area contributed by atoms with Gasteiger partial charge in [0, 0.05) is 38.0 Å². The first kappa shape index (κ1) is 23.6. The normalized spacial score (nSPS) is 12.8. The SMILES string of the molecule is c1ccc(-n2c3ccccc3c3cc4c5cccc6c7cccc8c7c7c(cccc7c7ccccc7n(c4cc32)c65)C8)cc1. The summed E-state index contributed by atoms with van der Waals surface area (Å²) in [6, 6.07) is 54.2. The van der Waals surface area contributed by atoms with Gasteiger partial charge in [-0.1, -0.05) is 109 Å². The van der Waals surface area contributed by atoms with Crippen LogP contribution in [0.4, 0.5) is 0 Å². The van der Waals surface area contributed by atoms with E-state index in [-0.39, 0.29) is 0 Å². The third kappa shape index (κ3) is 2.94. The smallest absolute Gasteiger partial charge is 0.0619 e. The van der Waals surface area contributed by atoms with E-state index in [4.69, 9.17) is 0 Å². The van der Waals surface area contributed by atoms with E-state index in [1.807, 2.05) is 0 Å². The molecule has 0 bridgehead atoms. The summed E-state index contributed by atoms with van der Waals surface area (Å²) in [5.41, 5.74) is 10.2. The molecule has 11 rings (SSSR count). The fourth-order valence-corrected chi connectivity index (χ4v) is 8.49. The quantitative estimate of drug-likeness (QED) is 0.186. The summed E-state index contributed by atoms with van der Waals surface area (Å²) >= 11 is 0. The van der Waals surface area contributed by atoms with Gasteiger partial charge in [0.1, 0.15) is 0 Å². The lowest BCUT2D eigenvalue weighted by atomic mass is 10.0. The number of nitrogens with zero attached hydrogens (tertiary/aromatic N) is 2. The highest BCUT2D eigenvalue weighted by atomic mass is 15.0. The summed E-state index contributed by atoms with van der Waals surface area (Å²) < 4.78 is 4.99. The Kier molecular flexibility index (Phi) is 4.40. The van der Waals surface area contributed by atoms with Gasteiger partial charge in [0.15, 0.2) is 0 Å². The van der Waals surface area contributed by atoms with Crippen LogP contribution in [0.15, 0.2) is 146 Å². The minimum absolute atomic E-state index is 0.981. The molecule has 0 fully saturated rings. The molecule has 0 saturated carbocycles. The number of aromatic nitrogens is 2. The van der Waals surface area contributed by atoms with Gasteiger partial charge in [0.05, 0.1) is 27.6 Å². The second kappa shape index (κ2) is 8.40. The molecule has 3 heterocycles. The first-order valence-corrected chi connectivity index (χ1v) is 15.8. The van der Waals surface area contributed by atoms with Crippen LogP contribution in [0.25, 0.3) is 87.1 Å². The zero-order valence-electron chi connectivity index (χ0n) is 24.5. The average molecular weight is 571 g/mol. The monoisotopic (exact) mass is 570 g/mol. The van der Waals surface area contributed by atoms with E-state index in [0.717, 1.165) is 6.42 Å². The van der Waals surface area contributed by atoms with Gasteiger partial charge in [-0.05, 0) is 75.5 Å². The third-order valence-electron chi connectivity index (χ3n) is 10.3. The van der Waals surface area contributed by atoms with Crippen LogP contribution in [0.3, 0.4) is 0 Å². The number of hydrogen-bond acceptors (Lipinski definition) is 0.